The van der Waals surface area contributed by atoms with Gasteiger partial charge in [-0.3, -0.25) is 14.2 Å². The number of hydrogen-bond donors (Lipinski definition) is 1. The average Bonchev–Trinajstić information content (AvgIpc) is 2.88. The highest BCUT2D eigenvalue weighted by Gasteiger charge is 2.26. The van der Waals surface area contributed by atoms with E-state index in [4.69, 9.17) is 10.5 Å². The first-order valence-corrected chi connectivity index (χ1v) is 9.39. The molecule has 1 unspecified atom stereocenters. The van der Waals surface area contributed by atoms with Crippen LogP contribution in [0.15, 0.2) is 4.79 Å². The van der Waals surface area contributed by atoms with Gasteiger partial charge in [0.05, 0.1) is 12.0 Å². The largest absolute Gasteiger partial charge is 0.461 e. The predicted octanol–water partition coefficient (Wildman–Crippen LogP) is 2.75. The number of rotatable bonds is 6. The molecule has 7 nitrogen and oxygen atoms in total. The van der Waals surface area contributed by atoms with Crippen LogP contribution in [0.5, 0.6) is 0 Å². The number of amides is 1. The fourth-order valence-electron chi connectivity index (χ4n) is 2.62. The Morgan fingerprint density at radius 1 is 1.23 bits per heavy atom. The van der Waals surface area contributed by atoms with E-state index in [0.717, 1.165) is 11.3 Å². The number of thiophene rings is 1. The van der Waals surface area contributed by atoms with Crippen LogP contribution in [-0.4, -0.2) is 28.0 Å². The van der Waals surface area contributed by atoms with Gasteiger partial charge in [0.25, 0.3) is 5.56 Å². The van der Waals surface area contributed by atoms with E-state index in [9.17, 15) is 14.4 Å². The van der Waals surface area contributed by atoms with Crippen molar-refractivity contribution in [3.8, 4) is 0 Å². The number of fused-ring (bicyclic) bond motifs is 1. The summed E-state index contributed by atoms with van der Waals surface area (Å²) in [5.74, 6) is -0.475. The molecule has 0 saturated carbocycles. The van der Waals surface area contributed by atoms with Crippen LogP contribution >= 0.6 is 11.3 Å². The molecule has 1 atom stereocenters. The predicted molar refractivity (Wildman–Crippen MR) is 102 cm³/mol. The van der Waals surface area contributed by atoms with Crippen LogP contribution in [0, 0.1) is 12.8 Å². The minimum absolute atomic E-state index is 0.0901. The lowest BCUT2D eigenvalue weighted by Gasteiger charge is -2.18. The van der Waals surface area contributed by atoms with E-state index < -0.39 is 17.9 Å². The number of ether oxygens (including phenoxy) is 1. The molecule has 2 aromatic heterocycles. The van der Waals surface area contributed by atoms with Gasteiger partial charge in [0.15, 0.2) is 0 Å². The van der Waals surface area contributed by atoms with Crippen LogP contribution in [0.25, 0.3) is 10.2 Å². The second-order valence-corrected chi connectivity index (χ2v) is 8.11. The summed E-state index contributed by atoms with van der Waals surface area (Å²) < 4.78 is 6.63. The van der Waals surface area contributed by atoms with Crippen LogP contribution in [0.4, 0.5) is 0 Å². The molecular weight excluding hydrogens is 354 g/mol. The number of aromatic nitrogens is 2. The Bertz CT molecular complexity index is 911. The van der Waals surface area contributed by atoms with Gasteiger partial charge in [0, 0.05) is 5.92 Å². The van der Waals surface area contributed by atoms with Gasteiger partial charge in [-0.2, -0.15) is 0 Å². The highest BCUT2D eigenvalue weighted by atomic mass is 32.1. The minimum atomic E-state index is -0.826. The number of nitrogens with zero attached hydrogens (tertiary/aromatic N) is 2. The lowest BCUT2D eigenvalue weighted by Crippen LogP contribution is -2.35. The Morgan fingerprint density at radius 3 is 2.35 bits per heavy atom. The van der Waals surface area contributed by atoms with E-state index >= 15 is 0 Å². The molecule has 0 spiro atoms. The summed E-state index contributed by atoms with van der Waals surface area (Å²) in [5, 5.41) is 0.337. The zero-order chi connectivity index (χ0) is 19.8. The number of hydrogen-bond acceptors (Lipinski definition) is 6. The summed E-state index contributed by atoms with van der Waals surface area (Å²) in [7, 11) is 0. The van der Waals surface area contributed by atoms with Crippen molar-refractivity contribution in [1.82, 2.24) is 9.55 Å². The van der Waals surface area contributed by atoms with E-state index in [0.29, 0.717) is 33.1 Å². The molecular formula is C18H25N3O4S. The Balaban J connectivity index is 2.70. The highest BCUT2D eigenvalue weighted by molar-refractivity contribution is 7.20. The molecule has 0 aliphatic carbocycles. The molecule has 0 aliphatic rings. The SMILES string of the molecule is Cc1c(C(=O)OCC(C)C)sc2nc(C(C)C)n(C(C)C(N)=O)c(=O)c12. The third kappa shape index (κ3) is 3.65. The molecule has 2 rings (SSSR count). The molecule has 0 radical (unpaired) electrons. The normalized spacial score (nSPS) is 12.8. The van der Waals surface area contributed by atoms with Gasteiger partial charge in [-0.05, 0) is 25.3 Å². The fraction of sp³-hybridized carbons (Fsp3) is 0.556. The van der Waals surface area contributed by atoms with E-state index in [2.05, 4.69) is 4.98 Å². The van der Waals surface area contributed by atoms with E-state index in [1.807, 2.05) is 27.7 Å². The summed E-state index contributed by atoms with van der Waals surface area (Å²) in [6.07, 6.45) is 0. The average molecular weight is 379 g/mol. The first kappa shape index (κ1) is 20.1. The summed E-state index contributed by atoms with van der Waals surface area (Å²) >= 11 is 1.14. The van der Waals surface area contributed by atoms with Crippen molar-refractivity contribution in [3.63, 3.8) is 0 Å². The van der Waals surface area contributed by atoms with Crippen molar-refractivity contribution in [3.05, 3.63) is 26.6 Å². The molecule has 0 bridgehead atoms. The van der Waals surface area contributed by atoms with Crippen molar-refractivity contribution >= 4 is 33.4 Å². The lowest BCUT2D eigenvalue weighted by molar-refractivity contribution is -0.120. The van der Waals surface area contributed by atoms with Gasteiger partial charge in [-0.15, -0.1) is 11.3 Å². The van der Waals surface area contributed by atoms with Crippen molar-refractivity contribution in [2.75, 3.05) is 6.61 Å². The maximum Gasteiger partial charge on any atom is 0.348 e. The maximum absolute atomic E-state index is 13.1. The first-order valence-electron chi connectivity index (χ1n) is 8.58. The Hall–Kier alpha value is -2.22. The molecule has 0 saturated heterocycles. The number of esters is 1. The summed E-state index contributed by atoms with van der Waals surface area (Å²) in [6.45, 7) is 11.2. The van der Waals surface area contributed by atoms with Gasteiger partial charge in [0.1, 0.15) is 21.6 Å². The molecule has 142 valence electrons. The van der Waals surface area contributed by atoms with Crippen molar-refractivity contribution in [1.29, 1.82) is 0 Å². The number of primary amides is 1. The van der Waals surface area contributed by atoms with Gasteiger partial charge >= 0.3 is 5.97 Å². The zero-order valence-electron chi connectivity index (χ0n) is 16.0. The van der Waals surface area contributed by atoms with E-state index in [-0.39, 0.29) is 17.4 Å². The smallest absolute Gasteiger partial charge is 0.348 e. The van der Waals surface area contributed by atoms with Crippen LogP contribution < -0.4 is 11.3 Å². The molecule has 2 N–H and O–H groups in total. The topological polar surface area (TPSA) is 104 Å². The second kappa shape index (κ2) is 7.57. The van der Waals surface area contributed by atoms with Crippen molar-refractivity contribution in [2.24, 2.45) is 11.7 Å². The summed E-state index contributed by atoms with van der Waals surface area (Å²) in [4.78, 5) is 42.5. The highest BCUT2D eigenvalue weighted by Crippen LogP contribution is 2.30. The quantitative estimate of drug-likeness (QED) is 0.777. The molecule has 0 fully saturated rings. The summed E-state index contributed by atoms with van der Waals surface area (Å²) in [5.41, 5.74) is 5.58. The second-order valence-electron chi connectivity index (χ2n) is 7.11. The van der Waals surface area contributed by atoms with Gasteiger partial charge in [-0.25, -0.2) is 9.78 Å². The molecule has 1 amide bonds. The maximum atomic E-state index is 13.1. The summed E-state index contributed by atoms with van der Waals surface area (Å²) in [6, 6.07) is -0.826. The van der Waals surface area contributed by atoms with E-state index in [1.165, 1.54) is 4.57 Å². The van der Waals surface area contributed by atoms with Crippen LogP contribution in [0.1, 0.15) is 67.6 Å². The third-order valence-electron chi connectivity index (χ3n) is 4.07. The monoisotopic (exact) mass is 379 g/mol. The zero-order valence-corrected chi connectivity index (χ0v) is 16.8. The van der Waals surface area contributed by atoms with Crippen LogP contribution in [-0.2, 0) is 9.53 Å². The lowest BCUT2D eigenvalue weighted by atomic mass is 10.1. The first-order chi connectivity index (χ1) is 12.1. The minimum Gasteiger partial charge on any atom is -0.461 e. The molecule has 26 heavy (non-hydrogen) atoms. The Kier molecular flexibility index (Phi) is 5.85. The van der Waals surface area contributed by atoms with Crippen LogP contribution in [0.2, 0.25) is 0 Å². The number of carbonyl (C=O) groups excluding carboxylic acids is 2. The van der Waals surface area contributed by atoms with Crippen molar-refractivity contribution < 1.29 is 14.3 Å². The molecule has 0 aliphatic heterocycles. The standard InChI is InChI=1S/C18H25N3O4S/c1-8(2)7-25-18(24)13-10(5)12-16(26-13)20-15(9(3)4)21(17(12)23)11(6)14(19)22/h8-9,11H,7H2,1-6H3,(H2,19,22). The number of aryl methyl sites for hydroxylation is 1. The Labute approximate surface area is 156 Å². The Morgan fingerprint density at radius 2 is 1.85 bits per heavy atom. The van der Waals surface area contributed by atoms with Gasteiger partial charge in [-0.1, -0.05) is 27.7 Å². The molecule has 2 aromatic rings. The molecule has 2 heterocycles. The molecule has 0 aromatic carbocycles. The van der Waals surface area contributed by atoms with Crippen molar-refractivity contribution in [2.45, 2.75) is 53.5 Å². The number of nitrogens with two attached hydrogens (primary N) is 1. The van der Waals surface area contributed by atoms with E-state index in [1.54, 1.807) is 13.8 Å². The number of carbonyl (C=O) groups is 2. The van der Waals surface area contributed by atoms with Gasteiger partial charge in [0.2, 0.25) is 5.91 Å². The fourth-order valence-corrected chi connectivity index (χ4v) is 3.70. The molecule has 8 heteroatoms. The third-order valence-corrected chi connectivity index (χ3v) is 5.24. The van der Waals surface area contributed by atoms with Crippen LogP contribution in [0.3, 0.4) is 0 Å². The van der Waals surface area contributed by atoms with Gasteiger partial charge < -0.3 is 10.5 Å².